The molecule has 0 radical (unpaired) electrons. The Morgan fingerprint density at radius 2 is 1.68 bits per heavy atom. The average molecular weight is 846 g/mol. The number of pyridine rings is 1. The number of carbonyl (C=O) groups excluding carboxylic acids is 4. The number of likely N-dealkylation sites (tertiary alicyclic amines) is 1. The number of hydrogen-bond acceptors (Lipinski definition) is 11. The highest BCUT2D eigenvalue weighted by Crippen LogP contribution is 2.40. The third kappa shape index (κ3) is 7.73. The largest absolute Gasteiger partial charge is 0.496 e. The van der Waals surface area contributed by atoms with Gasteiger partial charge in [-0.05, 0) is 81.2 Å². The molecule has 0 saturated carbocycles. The maximum Gasteiger partial charge on any atom is 0.280 e. The summed E-state index contributed by atoms with van der Waals surface area (Å²) < 4.78 is 45.3. The van der Waals surface area contributed by atoms with Gasteiger partial charge in [-0.1, -0.05) is 6.07 Å². The Hall–Kier alpha value is -5.39. The highest BCUT2D eigenvalue weighted by molar-refractivity contribution is 7.21. The van der Waals surface area contributed by atoms with Gasteiger partial charge < -0.3 is 34.1 Å². The number of benzene rings is 2. The van der Waals surface area contributed by atoms with Crippen LogP contribution in [0.2, 0.25) is 0 Å². The van der Waals surface area contributed by atoms with Gasteiger partial charge in [0.05, 0.1) is 42.6 Å². The molecule has 4 aliphatic rings. The molecule has 6 heterocycles. The van der Waals surface area contributed by atoms with Crippen LogP contribution in [0.15, 0.2) is 47.4 Å². The number of thiophene rings is 1. The normalized spacial score (nSPS) is 21.1. The van der Waals surface area contributed by atoms with Gasteiger partial charge in [0.15, 0.2) is 0 Å². The average Bonchev–Trinajstić information content (AvgIpc) is 3.81. The van der Waals surface area contributed by atoms with Crippen molar-refractivity contribution in [3.8, 4) is 22.6 Å². The van der Waals surface area contributed by atoms with E-state index < -0.39 is 36.4 Å². The second-order valence-corrected chi connectivity index (χ2v) is 17.5. The van der Waals surface area contributed by atoms with E-state index >= 15 is 8.78 Å². The van der Waals surface area contributed by atoms with Gasteiger partial charge in [-0.3, -0.25) is 34.2 Å². The summed E-state index contributed by atoms with van der Waals surface area (Å²) in [6, 6.07) is 8.79. The Bertz CT molecular complexity index is 2420. The number of amides is 4. The Balaban J connectivity index is 0.913. The van der Waals surface area contributed by atoms with Gasteiger partial charge in [0, 0.05) is 79.9 Å². The highest BCUT2D eigenvalue weighted by atomic mass is 32.1. The van der Waals surface area contributed by atoms with E-state index in [2.05, 4.69) is 15.5 Å². The number of aryl methyl sites for hydroxylation is 1. The maximum absolute atomic E-state index is 15.9. The van der Waals surface area contributed by atoms with Crippen molar-refractivity contribution < 1.29 is 37.4 Å². The van der Waals surface area contributed by atoms with E-state index in [0.717, 1.165) is 28.2 Å². The predicted octanol–water partition coefficient (Wildman–Crippen LogP) is 4.22. The highest BCUT2D eigenvalue weighted by Gasteiger charge is 2.47. The second-order valence-electron chi connectivity index (χ2n) is 16.4. The SMILES string of the molecule is COc1cc(-c2cn(C)c(=O)c3cc(C(=O)N[C@@H]4CCN(C5CCN(c6ccc7c(c6)C(=O)N([C@@H]6CCC(=O)NC6=O)C7)CC5)CC4(F)F)sc23)cc(OC)c1CN(C)C. The summed E-state index contributed by atoms with van der Waals surface area (Å²) in [5.41, 5.74) is 4.16. The molecule has 2 aromatic carbocycles. The van der Waals surface area contributed by atoms with Gasteiger partial charge in [-0.15, -0.1) is 11.3 Å². The maximum atomic E-state index is 15.9. The van der Waals surface area contributed by atoms with Crippen molar-refractivity contribution in [3.63, 3.8) is 0 Å². The van der Waals surface area contributed by atoms with E-state index in [0.29, 0.717) is 90.3 Å². The Kier molecular flexibility index (Phi) is 11.2. The molecule has 2 atom stereocenters. The summed E-state index contributed by atoms with van der Waals surface area (Å²) in [5, 5.41) is 5.25. The summed E-state index contributed by atoms with van der Waals surface area (Å²) in [5.74, 6) is -3.66. The van der Waals surface area contributed by atoms with Crippen LogP contribution >= 0.6 is 11.3 Å². The van der Waals surface area contributed by atoms with Gasteiger partial charge in [-0.2, -0.15) is 0 Å². The number of fused-ring (bicyclic) bond motifs is 2. The quantitative estimate of drug-likeness (QED) is 0.223. The Morgan fingerprint density at radius 1 is 0.967 bits per heavy atom. The number of rotatable bonds is 10. The van der Waals surface area contributed by atoms with E-state index in [1.54, 1.807) is 27.5 Å². The molecule has 0 bridgehead atoms. The minimum absolute atomic E-state index is 0.0619. The molecule has 8 rings (SSSR count). The molecule has 4 amide bonds. The lowest BCUT2D eigenvalue weighted by Gasteiger charge is -2.45. The minimum atomic E-state index is -3.20. The topological polar surface area (TPSA) is 146 Å². The summed E-state index contributed by atoms with van der Waals surface area (Å²) in [4.78, 5) is 72.1. The summed E-state index contributed by atoms with van der Waals surface area (Å²) >= 11 is 1.09. The third-order valence-corrected chi connectivity index (χ3v) is 13.4. The number of alkyl halides is 2. The Labute approximate surface area is 350 Å². The first-order valence-corrected chi connectivity index (χ1v) is 21.0. The monoisotopic (exact) mass is 845 g/mol. The van der Waals surface area contributed by atoms with Crippen molar-refractivity contribution in [2.24, 2.45) is 7.05 Å². The van der Waals surface area contributed by atoms with Gasteiger partial charge in [0.25, 0.3) is 23.3 Å². The number of ether oxygens (including phenoxy) is 2. The van der Waals surface area contributed by atoms with Crippen LogP contribution < -0.4 is 30.6 Å². The van der Waals surface area contributed by atoms with Crippen molar-refractivity contribution in [1.82, 2.24) is 29.9 Å². The molecule has 2 aromatic heterocycles. The van der Waals surface area contributed by atoms with E-state index in [9.17, 15) is 24.0 Å². The molecule has 0 unspecified atom stereocenters. The van der Waals surface area contributed by atoms with Crippen molar-refractivity contribution in [1.29, 1.82) is 0 Å². The minimum Gasteiger partial charge on any atom is -0.496 e. The predicted molar refractivity (Wildman–Crippen MR) is 223 cm³/mol. The first-order chi connectivity index (χ1) is 28.6. The zero-order valence-corrected chi connectivity index (χ0v) is 35.1. The molecule has 60 heavy (non-hydrogen) atoms. The fourth-order valence-electron chi connectivity index (χ4n) is 9.09. The molecule has 3 saturated heterocycles. The Morgan fingerprint density at radius 3 is 2.33 bits per heavy atom. The van der Waals surface area contributed by atoms with Crippen LogP contribution in [0.4, 0.5) is 14.5 Å². The number of aromatic nitrogens is 1. The van der Waals surface area contributed by atoms with Crippen LogP contribution in [0.25, 0.3) is 21.2 Å². The molecule has 4 aromatic rings. The number of imide groups is 1. The lowest BCUT2D eigenvalue weighted by molar-refractivity contribution is -0.136. The number of anilines is 1. The first-order valence-electron chi connectivity index (χ1n) is 20.1. The van der Waals surface area contributed by atoms with Crippen LogP contribution in [0.3, 0.4) is 0 Å². The van der Waals surface area contributed by atoms with Crippen LogP contribution in [-0.4, -0.2) is 121 Å². The molecule has 0 aliphatic carbocycles. The number of methoxy groups -OCH3 is 2. The van der Waals surface area contributed by atoms with Crippen LogP contribution in [0.1, 0.15) is 63.3 Å². The van der Waals surface area contributed by atoms with Crippen molar-refractivity contribution in [2.45, 2.75) is 69.2 Å². The standard InChI is InChI=1S/C43H49F2N7O7S/c1-48(2)21-31-33(58-4)16-25(17-34(31)59-5)30-22-49(3)41(56)29-19-35(60-38(29)30)40(55)46-36-12-15-51(23-43(36,44)45)26-10-13-50(14-11-26)27-7-6-24-20-52(42(57)28(24)18-27)32-8-9-37(53)47-39(32)54/h6-7,16-19,22,26,32,36H,8-15,20-21,23H2,1-5H3,(H,46,55)(H,47,53,54)/t32-,36-/m1/s1. The number of piperidine rings is 3. The zero-order valence-electron chi connectivity index (χ0n) is 34.3. The van der Waals surface area contributed by atoms with Gasteiger partial charge >= 0.3 is 0 Å². The fourth-order valence-corrected chi connectivity index (χ4v) is 10.2. The molecule has 318 valence electrons. The number of nitrogens with one attached hydrogen (secondary N) is 2. The number of carbonyl (C=O) groups is 4. The lowest BCUT2D eigenvalue weighted by atomic mass is 9.95. The number of halogens is 2. The fraction of sp³-hybridized carbons (Fsp3) is 0.465. The molecular formula is C43H49F2N7O7S. The molecule has 0 spiro atoms. The van der Waals surface area contributed by atoms with Crippen LogP contribution in [-0.2, 0) is 29.7 Å². The van der Waals surface area contributed by atoms with Crippen molar-refractivity contribution >= 4 is 50.7 Å². The molecule has 17 heteroatoms. The summed E-state index contributed by atoms with van der Waals surface area (Å²) in [7, 11) is 8.67. The van der Waals surface area contributed by atoms with Gasteiger partial charge in [-0.25, -0.2) is 8.78 Å². The van der Waals surface area contributed by atoms with Crippen LogP contribution in [0.5, 0.6) is 11.5 Å². The third-order valence-electron chi connectivity index (χ3n) is 12.3. The number of nitrogens with zero attached hydrogens (tertiary/aromatic N) is 5. The number of hydrogen-bond donors (Lipinski definition) is 2. The van der Waals surface area contributed by atoms with Gasteiger partial charge in [0.1, 0.15) is 17.5 Å². The van der Waals surface area contributed by atoms with E-state index in [-0.39, 0.29) is 41.1 Å². The van der Waals surface area contributed by atoms with E-state index in [1.807, 2.05) is 54.2 Å². The summed E-state index contributed by atoms with van der Waals surface area (Å²) in [6.45, 7) is 2.00. The van der Waals surface area contributed by atoms with Crippen molar-refractivity contribution in [3.05, 3.63) is 74.5 Å². The molecular weight excluding hydrogens is 797 g/mol. The van der Waals surface area contributed by atoms with Crippen LogP contribution in [0, 0.1) is 0 Å². The smallest absolute Gasteiger partial charge is 0.280 e. The molecule has 14 nitrogen and oxygen atoms in total. The molecule has 2 N–H and O–H groups in total. The zero-order chi connectivity index (χ0) is 42.6. The summed E-state index contributed by atoms with van der Waals surface area (Å²) in [6.07, 6.45) is 3.54. The van der Waals surface area contributed by atoms with Gasteiger partial charge in [0.2, 0.25) is 11.8 Å². The molecule has 4 aliphatic heterocycles. The first kappa shape index (κ1) is 41.3. The second kappa shape index (κ2) is 16.2. The van der Waals surface area contributed by atoms with E-state index in [1.165, 1.54) is 15.5 Å². The van der Waals surface area contributed by atoms with Crippen molar-refractivity contribution in [2.75, 3.05) is 59.4 Å². The van der Waals surface area contributed by atoms with E-state index in [4.69, 9.17) is 9.47 Å². The lowest BCUT2D eigenvalue weighted by Crippen LogP contribution is -2.61. The molecule has 3 fully saturated rings.